The molecule has 0 bridgehead atoms. The monoisotopic (exact) mass is 392 g/mol. The topological polar surface area (TPSA) is 68.7 Å². The first-order valence-corrected chi connectivity index (χ1v) is 9.84. The lowest BCUT2D eigenvalue weighted by atomic mass is 10.0. The van der Waals surface area contributed by atoms with Gasteiger partial charge in [0.2, 0.25) is 0 Å². The molecule has 1 aromatic heterocycles. The van der Waals surface area contributed by atoms with Crippen LogP contribution in [-0.2, 0) is 0 Å². The minimum Gasteiger partial charge on any atom is -0.386 e. The first kappa shape index (κ1) is 19.7. The average Bonchev–Trinajstić information content (AvgIpc) is 3.13. The van der Waals surface area contributed by atoms with Gasteiger partial charge in [0.25, 0.3) is 5.91 Å². The van der Waals surface area contributed by atoms with Crippen molar-refractivity contribution in [3.05, 3.63) is 45.7 Å². The fourth-order valence-corrected chi connectivity index (χ4v) is 3.90. The normalized spacial score (nSPS) is 17.6. The van der Waals surface area contributed by atoms with Crippen LogP contribution in [0.1, 0.15) is 46.2 Å². The van der Waals surface area contributed by atoms with Gasteiger partial charge in [-0.05, 0) is 39.1 Å². The predicted molar refractivity (Wildman–Crippen MR) is 105 cm³/mol. The number of benzene rings is 1. The highest BCUT2D eigenvalue weighted by Gasteiger charge is 2.22. The molecule has 1 fully saturated rings. The Balaban J connectivity index is 1.78. The molecular formula is C19H25FN4O2S. The standard InChI is InChI=1S/C19H25FN4O2S/c1-12(22-18(26)17-11-21-19(27-17)13(2)25)15-10-14(20)4-5-16(15)24-8-6-23(3)7-9-24/h4-5,10-13,25H,6-9H2,1-3H3,(H,22,26)/t12-,13-/m0/s1. The van der Waals surface area contributed by atoms with Crippen molar-refractivity contribution in [2.45, 2.75) is 26.0 Å². The molecule has 2 N–H and O–H groups in total. The molecule has 0 saturated carbocycles. The van der Waals surface area contributed by atoms with E-state index in [9.17, 15) is 14.3 Å². The van der Waals surface area contributed by atoms with Crippen molar-refractivity contribution in [1.29, 1.82) is 0 Å². The van der Waals surface area contributed by atoms with Crippen molar-refractivity contribution in [2.75, 3.05) is 38.1 Å². The van der Waals surface area contributed by atoms with Crippen LogP contribution in [0.5, 0.6) is 0 Å². The first-order valence-electron chi connectivity index (χ1n) is 9.02. The summed E-state index contributed by atoms with van der Waals surface area (Å²) in [5.41, 5.74) is 1.71. The van der Waals surface area contributed by atoms with E-state index in [0.717, 1.165) is 48.8 Å². The van der Waals surface area contributed by atoms with Gasteiger partial charge in [0.15, 0.2) is 0 Å². The van der Waals surface area contributed by atoms with Gasteiger partial charge in [-0.1, -0.05) is 0 Å². The van der Waals surface area contributed by atoms with Gasteiger partial charge in [-0.15, -0.1) is 11.3 Å². The first-order chi connectivity index (χ1) is 12.8. The van der Waals surface area contributed by atoms with Crippen LogP contribution >= 0.6 is 11.3 Å². The number of anilines is 1. The molecule has 0 spiro atoms. The summed E-state index contributed by atoms with van der Waals surface area (Å²) in [5, 5.41) is 13.0. The van der Waals surface area contributed by atoms with E-state index in [1.165, 1.54) is 18.3 Å². The number of piperazine rings is 1. The minimum absolute atomic E-state index is 0.277. The molecule has 1 aliphatic heterocycles. The van der Waals surface area contributed by atoms with E-state index in [2.05, 4.69) is 27.1 Å². The summed E-state index contributed by atoms with van der Waals surface area (Å²) in [7, 11) is 2.09. The summed E-state index contributed by atoms with van der Waals surface area (Å²) < 4.78 is 13.9. The lowest BCUT2D eigenvalue weighted by Gasteiger charge is -2.36. The molecule has 2 heterocycles. The van der Waals surface area contributed by atoms with E-state index in [4.69, 9.17) is 0 Å². The molecular weight excluding hydrogens is 367 g/mol. The van der Waals surface area contributed by atoms with Gasteiger partial charge in [-0.25, -0.2) is 9.37 Å². The second-order valence-corrected chi connectivity index (χ2v) is 7.99. The molecule has 1 aliphatic rings. The largest absolute Gasteiger partial charge is 0.386 e. The molecule has 146 valence electrons. The van der Waals surface area contributed by atoms with Crippen molar-refractivity contribution in [3.8, 4) is 0 Å². The van der Waals surface area contributed by atoms with Crippen LogP contribution in [0.15, 0.2) is 24.4 Å². The minimum atomic E-state index is -0.707. The quantitative estimate of drug-likeness (QED) is 0.819. The Morgan fingerprint density at radius 2 is 2.00 bits per heavy atom. The molecule has 1 aromatic carbocycles. The third-order valence-corrected chi connectivity index (χ3v) is 5.92. The van der Waals surface area contributed by atoms with E-state index in [-0.39, 0.29) is 17.8 Å². The van der Waals surface area contributed by atoms with Crippen LogP contribution in [0, 0.1) is 5.82 Å². The fourth-order valence-electron chi connectivity index (χ4n) is 3.14. The zero-order valence-corrected chi connectivity index (χ0v) is 16.6. The van der Waals surface area contributed by atoms with Gasteiger partial charge in [0, 0.05) is 37.4 Å². The Kier molecular flexibility index (Phi) is 6.08. The maximum atomic E-state index is 13.9. The second-order valence-electron chi connectivity index (χ2n) is 6.93. The highest BCUT2D eigenvalue weighted by Crippen LogP contribution is 2.29. The Bertz CT molecular complexity index is 803. The number of likely N-dealkylation sites (N-methyl/N-ethyl adjacent to an activating group) is 1. The summed E-state index contributed by atoms with van der Waals surface area (Å²) >= 11 is 1.16. The zero-order chi connectivity index (χ0) is 19.6. The Labute approximate surface area is 162 Å². The maximum Gasteiger partial charge on any atom is 0.263 e. The molecule has 3 rings (SSSR count). The van der Waals surface area contributed by atoms with Crippen LogP contribution in [0.3, 0.4) is 0 Å². The van der Waals surface area contributed by atoms with Crippen LogP contribution in [-0.4, -0.2) is 54.1 Å². The number of aromatic nitrogens is 1. The molecule has 0 radical (unpaired) electrons. The van der Waals surface area contributed by atoms with Crippen molar-refractivity contribution in [2.24, 2.45) is 0 Å². The molecule has 2 aromatic rings. The summed E-state index contributed by atoms with van der Waals surface area (Å²) in [6.07, 6.45) is 0.753. The summed E-state index contributed by atoms with van der Waals surface area (Å²) in [6.45, 7) is 7.08. The van der Waals surface area contributed by atoms with Crippen LogP contribution < -0.4 is 10.2 Å². The van der Waals surface area contributed by atoms with E-state index in [1.807, 2.05) is 6.92 Å². The third-order valence-electron chi connectivity index (χ3n) is 4.75. The molecule has 1 amide bonds. The summed E-state index contributed by atoms with van der Waals surface area (Å²) in [6, 6.07) is 4.38. The van der Waals surface area contributed by atoms with E-state index in [1.54, 1.807) is 13.0 Å². The Hall–Kier alpha value is -2.03. The molecule has 0 aliphatic carbocycles. The highest BCUT2D eigenvalue weighted by molar-refractivity contribution is 7.13. The van der Waals surface area contributed by atoms with Crippen LogP contribution in [0.25, 0.3) is 0 Å². The van der Waals surface area contributed by atoms with Crippen molar-refractivity contribution >= 4 is 22.9 Å². The second kappa shape index (κ2) is 8.33. The molecule has 27 heavy (non-hydrogen) atoms. The number of carbonyl (C=O) groups is 1. The van der Waals surface area contributed by atoms with Gasteiger partial charge in [-0.3, -0.25) is 4.79 Å². The zero-order valence-electron chi connectivity index (χ0n) is 15.8. The number of halogens is 1. The molecule has 8 heteroatoms. The van der Waals surface area contributed by atoms with Crippen molar-refractivity contribution in [3.63, 3.8) is 0 Å². The maximum absolute atomic E-state index is 13.9. The molecule has 1 saturated heterocycles. The van der Waals surface area contributed by atoms with Gasteiger partial charge in [0.1, 0.15) is 21.8 Å². The Morgan fingerprint density at radius 1 is 1.30 bits per heavy atom. The number of amides is 1. The third kappa shape index (κ3) is 4.63. The summed E-state index contributed by atoms with van der Waals surface area (Å²) in [5.74, 6) is -0.598. The number of rotatable bonds is 5. The number of hydrogen-bond donors (Lipinski definition) is 2. The molecule has 2 atom stereocenters. The average molecular weight is 393 g/mol. The number of aliphatic hydroxyl groups excluding tert-OH is 1. The van der Waals surface area contributed by atoms with E-state index in [0.29, 0.717) is 9.88 Å². The Morgan fingerprint density at radius 3 is 2.63 bits per heavy atom. The number of aliphatic hydroxyl groups is 1. The number of nitrogens with zero attached hydrogens (tertiary/aromatic N) is 3. The lowest BCUT2D eigenvalue weighted by Crippen LogP contribution is -2.45. The molecule has 0 unspecified atom stereocenters. The van der Waals surface area contributed by atoms with Crippen molar-refractivity contribution in [1.82, 2.24) is 15.2 Å². The number of thiazole rings is 1. The number of carbonyl (C=O) groups excluding carboxylic acids is 1. The predicted octanol–water partition coefficient (Wildman–Crippen LogP) is 2.58. The van der Waals surface area contributed by atoms with Gasteiger partial charge < -0.3 is 20.2 Å². The van der Waals surface area contributed by atoms with Gasteiger partial charge in [-0.2, -0.15) is 0 Å². The van der Waals surface area contributed by atoms with Gasteiger partial charge in [0.05, 0.1) is 12.2 Å². The highest BCUT2D eigenvalue weighted by atomic mass is 32.1. The number of nitrogens with one attached hydrogen (secondary N) is 1. The SMILES string of the molecule is C[C@H](O)c1ncc(C(=O)N[C@@H](C)c2cc(F)ccc2N2CCN(C)CC2)s1. The van der Waals surface area contributed by atoms with Gasteiger partial charge >= 0.3 is 0 Å². The van der Waals surface area contributed by atoms with Crippen molar-refractivity contribution < 1.29 is 14.3 Å². The summed E-state index contributed by atoms with van der Waals surface area (Å²) in [4.78, 5) is 21.5. The lowest BCUT2D eigenvalue weighted by molar-refractivity contribution is 0.0943. The fraction of sp³-hybridized carbons (Fsp3) is 0.474. The van der Waals surface area contributed by atoms with E-state index >= 15 is 0 Å². The smallest absolute Gasteiger partial charge is 0.263 e. The van der Waals surface area contributed by atoms with Crippen LogP contribution in [0.4, 0.5) is 10.1 Å². The molecule has 6 nitrogen and oxygen atoms in total. The van der Waals surface area contributed by atoms with Crippen LogP contribution in [0.2, 0.25) is 0 Å². The number of hydrogen-bond acceptors (Lipinski definition) is 6. The van der Waals surface area contributed by atoms with E-state index < -0.39 is 6.10 Å².